The second kappa shape index (κ2) is 12.0. The third-order valence-electron chi connectivity index (χ3n) is 5.77. The fourth-order valence-corrected chi connectivity index (χ4v) is 3.60. The quantitative estimate of drug-likeness (QED) is 0.262. The van der Waals surface area contributed by atoms with Crippen molar-refractivity contribution in [1.82, 2.24) is 20.2 Å². The highest BCUT2D eigenvalue weighted by Crippen LogP contribution is 2.39. The van der Waals surface area contributed by atoms with Crippen molar-refractivity contribution in [2.24, 2.45) is 11.7 Å². The molecule has 3 aromatic rings. The number of carbonyl (C=O) groups is 2. The molecule has 0 radical (unpaired) electrons. The average Bonchev–Trinajstić information content (AvgIpc) is 3.30. The summed E-state index contributed by atoms with van der Waals surface area (Å²) in [5.74, 6) is -0.943. The summed E-state index contributed by atoms with van der Waals surface area (Å²) in [6, 6.07) is 9.53. The molecule has 10 heteroatoms. The Morgan fingerprint density at radius 2 is 1.86 bits per heavy atom. The number of aromatic nitrogens is 4. The van der Waals surface area contributed by atoms with Crippen molar-refractivity contribution in [2.45, 2.75) is 52.5 Å². The highest BCUT2D eigenvalue weighted by Gasteiger charge is 2.18. The highest BCUT2D eigenvalue weighted by molar-refractivity contribution is 5.92. The van der Waals surface area contributed by atoms with Crippen molar-refractivity contribution < 1.29 is 24.5 Å². The molecule has 0 aliphatic rings. The maximum Gasteiger partial charge on any atom is 0.338 e. The molecule has 0 aliphatic heterocycles. The number of nitrogens with zero attached hydrogens (tertiary/aromatic N) is 4. The van der Waals surface area contributed by atoms with Gasteiger partial charge in [0.2, 0.25) is 5.91 Å². The Labute approximate surface area is 203 Å². The largest absolute Gasteiger partial charge is 0.507 e. The van der Waals surface area contributed by atoms with Crippen molar-refractivity contribution in [2.75, 3.05) is 6.61 Å². The van der Waals surface area contributed by atoms with Crippen LogP contribution in [-0.2, 0) is 16.1 Å². The van der Waals surface area contributed by atoms with Crippen LogP contribution in [0, 0.1) is 5.92 Å². The van der Waals surface area contributed by atoms with Crippen LogP contribution in [0.4, 0.5) is 0 Å². The van der Waals surface area contributed by atoms with Crippen molar-refractivity contribution in [3.05, 3.63) is 42.0 Å². The van der Waals surface area contributed by atoms with Crippen LogP contribution >= 0.6 is 0 Å². The molecule has 1 aromatic heterocycles. The van der Waals surface area contributed by atoms with Gasteiger partial charge < -0.3 is 20.7 Å². The third kappa shape index (κ3) is 6.56. The van der Waals surface area contributed by atoms with Crippen LogP contribution in [0.3, 0.4) is 0 Å². The molecule has 0 fully saturated rings. The Balaban J connectivity index is 1.75. The molecule has 1 atom stereocenters. The number of aromatic hydroxyl groups is 2. The van der Waals surface area contributed by atoms with Crippen LogP contribution in [0.1, 0.15) is 56.3 Å². The van der Waals surface area contributed by atoms with Crippen molar-refractivity contribution in [1.29, 1.82) is 0 Å². The van der Waals surface area contributed by atoms with E-state index in [1.165, 1.54) is 6.07 Å². The lowest BCUT2D eigenvalue weighted by molar-refractivity contribution is -0.121. The van der Waals surface area contributed by atoms with Gasteiger partial charge in [-0.3, -0.25) is 4.79 Å². The highest BCUT2D eigenvalue weighted by atomic mass is 16.5. The first-order valence-corrected chi connectivity index (χ1v) is 11.7. The zero-order chi connectivity index (χ0) is 25.4. The summed E-state index contributed by atoms with van der Waals surface area (Å²) in [6.45, 7) is 4.65. The average molecular weight is 482 g/mol. The summed E-state index contributed by atoms with van der Waals surface area (Å²) in [5.41, 5.74) is 6.94. The van der Waals surface area contributed by atoms with Gasteiger partial charge in [0, 0.05) is 24.1 Å². The Morgan fingerprint density at radius 1 is 1.09 bits per heavy atom. The number of primary amides is 1. The SMILES string of the molecule is CCCCn1nnnc1-c1cc(-c2cccc(C(=O)OCCCCC(C)C(N)=O)c2)c(O)cc1O. The van der Waals surface area contributed by atoms with E-state index in [1.54, 1.807) is 41.9 Å². The summed E-state index contributed by atoms with van der Waals surface area (Å²) in [7, 11) is 0. The molecule has 0 aliphatic carbocycles. The van der Waals surface area contributed by atoms with Gasteiger partial charge in [-0.05, 0) is 59.9 Å². The van der Waals surface area contributed by atoms with Crippen LogP contribution in [0.15, 0.2) is 36.4 Å². The van der Waals surface area contributed by atoms with Gasteiger partial charge in [0.05, 0.1) is 17.7 Å². The smallest absolute Gasteiger partial charge is 0.338 e. The van der Waals surface area contributed by atoms with E-state index in [0.29, 0.717) is 47.5 Å². The third-order valence-corrected chi connectivity index (χ3v) is 5.77. The summed E-state index contributed by atoms with van der Waals surface area (Å²) in [5, 5.41) is 32.7. The number of nitrogens with two attached hydrogens (primary N) is 1. The monoisotopic (exact) mass is 481 g/mol. The number of carbonyl (C=O) groups excluding carboxylic acids is 2. The lowest BCUT2D eigenvalue weighted by Crippen LogP contribution is -2.20. The summed E-state index contributed by atoms with van der Waals surface area (Å²) < 4.78 is 6.97. The second-order valence-corrected chi connectivity index (χ2v) is 8.48. The van der Waals surface area contributed by atoms with E-state index in [4.69, 9.17) is 10.5 Å². The number of ether oxygens (including phenoxy) is 1. The molecular formula is C25H31N5O5. The van der Waals surface area contributed by atoms with Crippen LogP contribution in [0.25, 0.3) is 22.5 Å². The number of unbranched alkanes of at least 4 members (excludes halogenated alkanes) is 2. The molecule has 1 unspecified atom stereocenters. The van der Waals surface area contributed by atoms with Gasteiger partial charge >= 0.3 is 5.97 Å². The van der Waals surface area contributed by atoms with E-state index in [0.717, 1.165) is 19.3 Å². The molecule has 1 amide bonds. The molecule has 3 rings (SSSR count). The molecule has 0 saturated heterocycles. The minimum Gasteiger partial charge on any atom is -0.507 e. The maximum atomic E-state index is 12.5. The van der Waals surface area contributed by atoms with Gasteiger partial charge in [-0.25, -0.2) is 9.48 Å². The molecule has 2 aromatic carbocycles. The predicted octanol–water partition coefficient (Wildman–Crippen LogP) is 3.67. The van der Waals surface area contributed by atoms with Crippen molar-refractivity contribution in [3.8, 4) is 34.0 Å². The zero-order valence-corrected chi connectivity index (χ0v) is 20.0. The number of benzene rings is 2. The minimum absolute atomic E-state index is 0.145. The number of amides is 1. The summed E-state index contributed by atoms with van der Waals surface area (Å²) in [6.07, 6.45) is 3.82. The normalized spacial score (nSPS) is 11.8. The van der Waals surface area contributed by atoms with Gasteiger partial charge in [-0.15, -0.1) is 5.10 Å². The Hall–Kier alpha value is -3.95. The molecule has 10 nitrogen and oxygen atoms in total. The van der Waals surface area contributed by atoms with E-state index in [-0.39, 0.29) is 29.9 Å². The first-order valence-electron chi connectivity index (χ1n) is 11.7. The molecule has 35 heavy (non-hydrogen) atoms. The predicted molar refractivity (Wildman–Crippen MR) is 129 cm³/mol. The van der Waals surface area contributed by atoms with E-state index in [9.17, 15) is 19.8 Å². The van der Waals surface area contributed by atoms with Gasteiger partial charge in [0.15, 0.2) is 5.82 Å². The van der Waals surface area contributed by atoms with Crippen LogP contribution < -0.4 is 5.73 Å². The Kier molecular flexibility index (Phi) is 8.77. The van der Waals surface area contributed by atoms with E-state index >= 15 is 0 Å². The minimum atomic E-state index is -0.489. The fraction of sp³-hybridized carbons (Fsp3) is 0.400. The number of rotatable bonds is 12. The lowest BCUT2D eigenvalue weighted by atomic mass is 9.99. The number of tetrazole rings is 1. The van der Waals surface area contributed by atoms with Gasteiger partial charge in [-0.2, -0.15) is 0 Å². The summed E-state index contributed by atoms with van der Waals surface area (Å²) >= 11 is 0. The van der Waals surface area contributed by atoms with Gasteiger partial charge in [0.1, 0.15) is 11.5 Å². The molecule has 1 heterocycles. The van der Waals surface area contributed by atoms with E-state index in [1.807, 2.05) is 0 Å². The molecule has 0 bridgehead atoms. The number of phenols is 2. The first-order chi connectivity index (χ1) is 16.8. The number of esters is 1. The van der Waals surface area contributed by atoms with Crippen LogP contribution in [-0.4, -0.2) is 48.9 Å². The number of phenolic OH excluding ortho intramolecular Hbond substituents is 2. The molecular weight excluding hydrogens is 450 g/mol. The second-order valence-electron chi connectivity index (χ2n) is 8.48. The molecule has 4 N–H and O–H groups in total. The van der Waals surface area contributed by atoms with Crippen LogP contribution in [0.2, 0.25) is 0 Å². The Morgan fingerprint density at radius 3 is 2.60 bits per heavy atom. The van der Waals surface area contributed by atoms with Crippen molar-refractivity contribution in [3.63, 3.8) is 0 Å². The molecule has 0 saturated carbocycles. The first kappa shape index (κ1) is 25.7. The molecule has 186 valence electrons. The van der Waals surface area contributed by atoms with Crippen LogP contribution in [0.5, 0.6) is 11.5 Å². The number of hydrogen-bond acceptors (Lipinski definition) is 8. The van der Waals surface area contributed by atoms with Gasteiger partial charge in [-0.1, -0.05) is 32.4 Å². The molecule has 0 spiro atoms. The number of aryl methyl sites for hydroxylation is 1. The van der Waals surface area contributed by atoms with E-state index in [2.05, 4.69) is 22.4 Å². The fourth-order valence-electron chi connectivity index (χ4n) is 3.60. The number of hydrogen-bond donors (Lipinski definition) is 3. The topological polar surface area (TPSA) is 153 Å². The standard InChI is InChI=1S/C25H31N5O5/c1-3-4-11-30-24(27-28-29-30)20-14-19(21(31)15-22(20)32)17-9-7-10-18(13-17)25(34)35-12-6-5-8-16(2)23(26)33/h7,9-10,13-16,31-32H,3-6,8,11-12H2,1-2H3,(H2,26,33). The van der Waals surface area contributed by atoms with E-state index < -0.39 is 5.97 Å². The zero-order valence-electron chi connectivity index (χ0n) is 20.0. The summed E-state index contributed by atoms with van der Waals surface area (Å²) in [4.78, 5) is 23.6. The van der Waals surface area contributed by atoms with Gasteiger partial charge in [0.25, 0.3) is 0 Å². The Bertz CT molecular complexity index is 1180. The lowest BCUT2D eigenvalue weighted by Gasteiger charge is -2.12. The van der Waals surface area contributed by atoms with Crippen molar-refractivity contribution >= 4 is 11.9 Å². The maximum absolute atomic E-state index is 12.5.